The lowest BCUT2D eigenvalue weighted by atomic mass is 10.7. The second kappa shape index (κ2) is 10.0. The van der Waals surface area contributed by atoms with Crippen LogP contribution in [0, 0.1) is 0 Å². The highest BCUT2D eigenvalue weighted by molar-refractivity contribution is 6.30. The van der Waals surface area contributed by atoms with E-state index in [0.717, 1.165) is 0 Å². The number of hydrogen-bond acceptors (Lipinski definition) is 6. The molecule has 0 N–H and O–H groups in total. The van der Waals surface area contributed by atoms with Gasteiger partial charge in [-0.15, -0.1) is 0 Å². The van der Waals surface area contributed by atoms with E-state index in [-0.39, 0.29) is 5.15 Å². The molecule has 0 bridgehead atoms. The van der Waals surface area contributed by atoms with Crippen molar-refractivity contribution < 1.29 is 18.9 Å². The molecule has 0 fully saturated rings. The number of hydrogen-bond donors (Lipinski definition) is 0. The number of rotatable bonds is 10. The van der Waals surface area contributed by atoms with Crippen molar-refractivity contribution in [1.82, 2.24) is 9.97 Å². The second-order valence-electron chi connectivity index (χ2n) is 3.22. The Balaban J connectivity index is 1.94. The summed E-state index contributed by atoms with van der Waals surface area (Å²) in [6.45, 7) is 3.04. The maximum Gasteiger partial charge on any atom is 0.252 e. The minimum Gasteiger partial charge on any atom is -0.473 e. The predicted octanol–water partition coefficient (Wildman–Crippen LogP) is 1.19. The highest BCUT2D eigenvalue weighted by atomic mass is 35.5. The van der Waals surface area contributed by atoms with Gasteiger partial charge in [-0.2, -0.15) is 0 Å². The van der Waals surface area contributed by atoms with E-state index in [1.807, 2.05) is 0 Å². The molecule has 0 aliphatic carbocycles. The highest BCUT2D eigenvalue weighted by Crippen LogP contribution is 2.16. The Kier molecular flexibility index (Phi) is 8.41. The summed E-state index contributed by atoms with van der Waals surface area (Å²) in [5.41, 5.74) is 0. The molecule has 0 aromatic carbocycles. The highest BCUT2D eigenvalue weighted by Gasteiger charge is 2.02. The van der Waals surface area contributed by atoms with E-state index in [0.29, 0.717) is 45.5 Å². The monoisotopic (exact) mass is 276 g/mol. The summed E-state index contributed by atoms with van der Waals surface area (Å²) in [6.07, 6.45) is 3.02. The zero-order valence-corrected chi connectivity index (χ0v) is 11.1. The van der Waals surface area contributed by atoms with Crippen LogP contribution in [-0.4, -0.2) is 56.7 Å². The molecule has 0 aliphatic heterocycles. The van der Waals surface area contributed by atoms with Crippen molar-refractivity contribution >= 4 is 11.6 Å². The Morgan fingerprint density at radius 1 is 0.944 bits per heavy atom. The average molecular weight is 277 g/mol. The summed E-state index contributed by atoms with van der Waals surface area (Å²) in [7, 11) is 1.63. The van der Waals surface area contributed by atoms with Gasteiger partial charge in [-0.1, -0.05) is 11.6 Å². The Hall–Kier alpha value is -0.950. The Bertz CT molecular complexity index is 328. The maximum atomic E-state index is 5.76. The fourth-order valence-electron chi connectivity index (χ4n) is 1.07. The zero-order valence-electron chi connectivity index (χ0n) is 10.3. The van der Waals surface area contributed by atoms with Gasteiger partial charge in [-0.05, 0) is 0 Å². The third-order valence-corrected chi connectivity index (χ3v) is 2.15. The maximum absolute atomic E-state index is 5.76. The Morgan fingerprint density at radius 3 is 2.22 bits per heavy atom. The number of ether oxygens (including phenoxy) is 4. The lowest BCUT2D eigenvalue weighted by Crippen LogP contribution is -2.12. The van der Waals surface area contributed by atoms with Crippen LogP contribution in [-0.2, 0) is 14.2 Å². The number of methoxy groups -OCH3 is 1. The van der Waals surface area contributed by atoms with Gasteiger partial charge in [0.15, 0.2) is 5.15 Å². The Labute approximate surface area is 111 Å². The van der Waals surface area contributed by atoms with E-state index in [2.05, 4.69) is 9.97 Å². The number of aromatic nitrogens is 2. The van der Waals surface area contributed by atoms with Crippen molar-refractivity contribution in [3.8, 4) is 5.88 Å². The third kappa shape index (κ3) is 6.70. The first-order valence-corrected chi connectivity index (χ1v) is 5.96. The minimum absolute atomic E-state index is 0.250. The first kappa shape index (κ1) is 15.1. The Morgan fingerprint density at radius 2 is 1.56 bits per heavy atom. The van der Waals surface area contributed by atoms with Gasteiger partial charge in [-0.25, -0.2) is 9.97 Å². The van der Waals surface area contributed by atoms with Gasteiger partial charge >= 0.3 is 0 Å². The molecule has 0 spiro atoms. The predicted molar refractivity (Wildman–Crippen MR) is 66.1 cm³/mol. The summed E-state index contributed by atoms with van der Waals surface area (Å²) < 4.78 is 20.6. The van der Waals surface area contributed by atoms with Crippen molar-refractivity contribution in [2.75, 3.05) is 46.8 Å². The van der Waals surface area contributed by atoms with E-state index < -0.39 is 0 Å². The molecule has 0 atom stereocenters. The van der Waals surface area contributed by atoms with Gasteiger partial charge in [0.05, 0.1) is 33.0 Å². The molecule has 0 aliphatic rings. The van der Waals surface area contributed by atoms with Crippen molar-refractivity contribution in [3.05, 3.63) is 17.5 Å². The fourth-order valence-corrected chi connectivity index (χ4v) is 1.23. The summed E-state index contributed by atoms with van der Waals surface area (Å²) in [5.74, 6) is 0.319. The second-order valence-corrected chi connectivity index (χ2v) is 3.58. The minimum atomic E-state index is 0.250. The molecule has 18 heavy (non-hydrogen) atoms. The molecular formula is C11H17ClN2O4. The average Bonchev–Trinajstić information content (AvgIpc) is 2.39. The summed E-state index contributed by atoms with van der Waals surface area (Å²) in [4.78, 5) is 7.78. The zero-order chi connectivity index (χ0) is 13.1. The van der Waals surface area contributed by atoms with Crippen molar-refractivity contribution in [1.29, 1.82) is 0 Å². The van der Waals surface area contributed by atoms with Crippen LogP contribution in [0.15, 0.2) is 12.4 Å². The van der Waals surface area contributed by atoms with Crippen LogP contribution in [0.1, 0.15) is 0 Å². The molecule has 0 saturated heterocycles. The van der Waals surface area contributed by atoms with Gasteiger partial charge in [0.25, 0.3) is 5.88 Å². The molecule has 0 saturated carbocycles. The molecule has 0 unspecified atom stereocenters. The quantitative estimate of drug-likeness (QED) is 0.598. The molecule has 1 rings (SSSR count). The van der Waals surface area contributed by atoms with Gasteiger partial charge in [-0.3, -0.25) is 0 Å². The van der Waals surface area contributed by atoms with Crippen LogP contribution in [0.25, 0.3) is 0 Å². The standard InChI is InChI=1S/C11H17ClN2O4/c1-15-4-5-16-6-7-17-8-9-18-11-10(12)13-2-3-14-11/h2-3H,4-9H2,1H3. The fraction of sp³-hybridized carbons (Fsp3) is 0.636. The van der Waals surface area contributed by atoms with E-state index in [1.165, 1.54) is 12.4 Å². The van der Waals surface area contributed by atoms with E-state index in [4.69, 9.17) is 30.5 Å². The summed E-state index contributed by atoms with van der Waals surface area (Å²) in [5, 5.41) is 0.250. The van der Waals surface area contributed by atoms with E-state index >= 15 is 0 Å². The third-order valence-electron chi connectivity index (χ3n) is 1.89. The molecule has 1 heterocycles. The first-order chi connectivity index (χ1) is 8.84. The van der Waals surface area contributed by atoms with Crippen LogP contribution in [0.3, 0.4) is 0 Å². The van der Waals surface area contributed by atoms with E-state index in [1.54, 1.807) is 7.11 Å². The van der Waals surface area contributed by atoms with Gasteiger partial charge in [0.1, 0.15) is 6.61 Å². The smallest absolute Gasteiger partial charge is 0.252 e. The first-order valence-electron chi connectivity index (χ1n) is 5.58. The van der Waals surface area contributed by atoms with Gasteiger partial charge in [0, 0.05) is 19.5 Å². The van der Waals surface area contributed by atoms with E-state index in [9.17, 15) is 0 Å². The molecular weight excluding hydrogens is 260 g/mol. The molecule has 0 amide bonds. The van der Waals surface area contributed by atoms with Gasteiger partial charge < -0.3 is 18.9 Å². The van der Waals surface area contributed by atoms with Gasteiger partial charge in [0.2, 0.25) is 0 Å². The number of halogens is 1. The van der Waals surface area contributed by atoms with Crippen molar-refractivity contribution in [3.63, 3.8) is 0 Å². The van der Waals surface area contributed by atoms with Crippen molar-refractivity contribution in [2.24, 2.45) is 0 Å². The molecule has 6 nitrogen and oxygen atoms in total. The summed E-state index contributed by atoms with van der Waals surface area (Å²) >= 11 is 5.76. The van der Waals surface area contributed by atoms with Crippen LogP contribution >= 0.6 is 11.6 Å². The molecule has 1 aromatic rings. The van der Waals surface area contributed by atoms with Crippen LogP contribution < -0.4 is 4.74 Å². The van der Waals surface area contributed by atoms with Crippen molar-refractivity contribution in [2.45, 2.75) is 0 Å². The lowest BCUT2D eigenvalue weighted by Gasteiger charge is -2.07. The molecule has 1 aromatic heterocycles. The molecule has 7 heteroatoms. The largest absolute Gasteiger partial charge is 0.473 e. The van der Waals surface area contributed by atoms with Crippen LogP contribution in [0.5, 0.6) is 5.88 Å². The number of nitrogens with zero attached hydrogens (tertiary/aromatic N) is 2. The SMILES string of the molecule is COCCOCCOCCOc1nccnc1Cl. The van der Waals surface area contributed by atoms with Crippen LogP contribution in [0.4, 0.5) is 0 Å². The topological polar surface area (TPSA) is 62.7 Å². The molecule has 102 valence electrons. The van der Waals surface area contributed by atoms with Crippen LogP contribution in [0.2, 0.25) is 5.15 Å². The summed E-state index contributed by atoms with van der Waals surface area (Å²) in [6, 6.07) is 0. The normalized spacial score (nSPS) is 10.6. The molecule has 0 radical (unpaired) electrons. The lowest BCUT2D eigenvalue weighted by molar-refractivity contribution is 0.0176.